The quantitative estimate of drug-likeness (QED) is 0.765. The summed E-state index contributed by atoms with van der Waals surface area (Å²) in [6.45, 7) is 3.96. The maximum absolute atomic E-state index is 11.4. The Morgan fingerprint density at radius 3 is 3.00 bits per heavy atom. The van der Waals surface area contributed by atoms with Gasteiger partial charge in [-0.15, -0.1) is 0 Å². The molecule has 1 saturated heterocycles. The normalized spacial score (nSPS) is 20.1. The van der Waals surface area contributed by atoms with Gasteiger partial charge in [-0.3, -0.25) is 0 Å². The fourth-order valence-electron chi connectivity index (χ4n) is 3.12. The first-order chi connectivity index (χ1) is 10.3. The van der Waals surface area contributed by atoms with E-state index in [0.29, 0.717) is 12.1 Å². The molecule has 5 heteroatoms. The molecule has 1 aliphatic heterocycles. The first-order valence-electron chi connectivity index (χ1n) is 7.83. The smallest absolute Gasteiger partial charge is 0.323 e. The minimum atomic E-state index is -0.151. The van der Waals surface area contributed by atoms with E-state index in [0.717, 1.165) is 37.0 Å². The number of hydrogen-bond donors (Lipinski definition) is 3. The molecule has 2 heterocycles. The third kappa shape index (κ3) is 3.36. The molecular formula is C16H23N3O2. The number of nitrogens with one attached hydrogen (secondary N) is 3. The topological polar surface area (TPSA) is 69.9 Å². The highest BCUT2D eigenvalue weighted by molar-refractivity contribution is 5.75. The number of H-pyrrole nitrogens is 2. The van der Waals surface area contributed by atoms with Crippen LogP contribution in [0.4, 0.5) is 0 Å². The van der Waals surface area contributed by atoms with E-state index >= 15 is 0 Å². The number of rotatable bonds is 6. The van der Waals surface area contributed by atoms with Gasteiger partial charge in [0.25, 0.3) is 0 Å². The zero-order valence-corrected chi connectivity index (χ0v) is 12.4. The minimum Gasteiger partial charge on any atom is -0.378 e. The van der Waals surface area contributed by atoms with Crippen LogP contribution in [0.15, 0.2) is 23.0 Å². The lowest BCUT2D eigenvalue weighted by atomic mass is 9.98. The largest absolute Gasteiger partial charge is 0.378 e. The highest BCUT2D eigenvalue weighted by Crippen LogP contribution is 2.25. The van der Waals surface area contributed by atoms with Gasteiger partial charge in [-0.2, -0.15) is 0 Å². The molecule has 0 bridgehead atoms. The molecule has 0 aliphatic carbocycles. The van der Waals surface area contributed by atoms with Crippen molar-refractivity contribution >= 4 is 11.0 Å². The molecular weight excluding hydrogens is 266 g/mol. The van der Waals surface area contributed by atoms with Crippen molar-refractivity contribution < 1.29 is 4.74 Å². The van der Waals surface area contributed by atoms with Crippen molar-refractivity contribution in [3.8, 4) is 0 Å². The number of hydrogen-bond acceptors (Lipinski definition) is 3. The Morgan fingerprint density at radius 2 is 2.24 bits per heavy atom. The lowest BCUT2D eigenvalue weighted by Gasteiger charge is -2.20. The molecule has 1 aromatic heterocycles. The second-order valence-electron chi connectivity index (χ2n) is 5.71. The van der Waals surface area contributed by atoms with E-state index < -0.39 is 0 Å². The Bertz CT molecular complexity index is 640. The number of imidazole rings is 1. The van der Waals surface area contributed by atoms with Gasteiger partial charge >= 0.3 is 5.69 Å². The molecule has 3 rings (SSSR count). The van der Waals surface area contributed by atoms with Crippen LogP contribution in [0.25, 0.3) is 11.0 Å². The number of fused-ring (bicyclic) bond motifs is 1. The molecule has 2 unspecified atom stereocenters. The van der Waals surface area contributed by atoms with Crippen LogP contribution >= 0.6 is 0 Å². The predicted molar refractivity (Wildman–Crippen MR) is 83.5 cm³/mol. The molecule has 0 amide bonds. The summed E-state index contributed by atoms with van der Waals surface area (Å²) in [6.07, 6.45) is 4.93. The van der Waals surface area contributed by atoms with Crippen molar-refractivity contribution in [3.63, 3.8) is 0 Å². The Hall–Kier alpha value is -1.59. The monoisotopic (exact) mass is 289 g/mol. The molecule has 0 spiro atoms. The molecule has 1 fully saturated rings. The number of aromatic amines is 2. The second-order valence-corrected chi connectivity index (χ2v) is 5.71. The Balaban J connectivity index is 1.75. The maximum atomic E-state index is 11.4. The average Bonchev–Trinajstić information content (AvgIpc) is 3.10. The molecule has 2 aromatic rings. The van der Waals surface area contributed by atoms with Crippen molar-refractivity contribution in [1.29, 1.82) is 0 Å². The van der Waals surface area contributed by atoms with Gasteiger partial charge in [0.1, 0.15) is 0 Å². The van der Waals surface area contributed by atoms with Gasteiger partial charge in [0.05, 0.1) is 17.1 Å². The van der Waals surface area contributed by atoms with Gasteiger partial charge in [-0.25, -0.2) is 4.79 Å². The van der Waals surface area contributed by atoms with Crippen molar-refractivity contribution in [2.45, 2.75) is 44.8 Å². The van der Waals surface area contributed by atoms with E-state index in [1.807, 2.05) is 6.07 Å². The van der Waals surface area contributed by atoms with Crippen molar-refractivity contribution in [2.24, 2.45) is 0 Å². The van der Waals surface area contributed by atoms with Crippen LogP contribution in [-0.4, -0.2) is 29.2 Å². The summed E-state index contributed by atoms with van der Waals surface area (Å²) in [6, 6.07) is 6.44. The summed E-state index contributed by atoms with van der Waals surface area (Å²) in [5, 5.41) is 3.54. The lowest BCUT2D eigenvalue weighted by molar-refractivity contribution is 0.0996. The standard InChI is InChI=1S/C16H23N3O2/c1-2-17-13(8-6-12-4-3-9-21-12)11-5-7-14-15(10-11)19-16(20)18-14/h5,7,10,12-13,17H,2-4,6,8-9H2,1H3,(H2,18,19,20). The van der Waals surface area contributed by atoms with Crippen LogP contribution in [0, 0.1) is 0 Å². The van der Waals surface area contributed by atoms with Gasteiger partial charge in [0.15, 0.2) is 0 Å². The third-order valence-electron chi connectivity index (χ3n) is 4.19. The van der Waals surface area contributed by atoms with Crippen LogP contribution < -0.4 is 11.0 Å². The van der Waals surface area contributed by atoms with E-state index in [4.69, 9.17) is 4.74 Å². The van der Waals surface area contributed by atoms with Crippen molar-refractivity contribution in [1.82, 2.24) is 15.3 Å². The van der Waals surface area contributed by atoms with Crippen LogP contribution in [0.5, 0.6) is 0 Å². The zero-order valence-electron chi connectivity index (χ0n) is 12.4. The highest BCUT2D eigenvalue weighted by Gasteiger charge is 2.18. The first kappa shape index (κ1) is 14.4. The summed E-state index contributed by atoms with van der Waals surface area (Å²) in [7, 11) is 0. The zero-order chi connectivity index (χ0) is 14.7. The molecule has 114 valence electrons. The molecule has 3 N–H and O–H groups in total. The van der Waals surface area contributed by atoms with Crippen molar-refractivity contribution in [2.75, 3.05) is 13.2 Å². The first-order valence-corrected chi connectivity index (χ1v) is 7.83. The number of benzene rings is 1. The molecule has 21 heavy (non-hydrogen) atoms. The fourth-order valence-corrected chi connectivity index (χ4v) is 3.12. The van der Waals surface area contributed by atoms with Gasteiger partial charge in [0.2, 0.25) is 0 Å². The summed E-state index contributed by atoms with van der Waals surface area (Å²) >= 11 is 0. The average molecular weight is 289 g/mol. The van der Waals surface area contributed by atoms with Gasteiger partial charge in [0, 0.05) is 12.6 Å². The molecule has 0 saturated carbocycles. The van der Waals surface area contributed by atoms with Crippen LogP contribution in [0.1, 0.15) is 44.2 Å². The number of ether oxygens (including phenoxy) is 1. The van der Waals surface area contributed by atoms with E-state index in [2.05, 4.69) is 34.3 Å². The Labute approximate surface area is 124 Å². The van der Waals surface area contributed by atoms with Crippen LogP contribution in [-0.2, 0) is 4.74 Å². The van der Waals surface area contributed by atoms with E-state index in [-0.39, 0.29) is 5.69 Å². The van der Waals surface area contributed by atoms with E-state index in [1.165, 1.54) is 18.4 Å². The Morgan fingerprint density at radius 1 is 1.38 bits per heavy atom. The molecule has 5 nitrogen and oxygen atoms in total. The maximum Gasteiger partial charge on any atom is 0.323 e. The molecule has 0 radical (unpaired) electrons. The summed E-state index contributed by atoms with van der Waals surface area (Å²) in [5.41, 5.74) is 2.80. The Kier molecular flexibility index (Phi) is 4.41. The molecule has 1 aliphatic rings. The van der Waals surface area contributed by atoms with Crippen LogP contribution in [0.3, 0.4) is 0 Å². The second kappa shape index (κ2) is 6.45. The summed E-state index contributed by atoms with van der Waals surface area (Å²) < 4.78 is 5.71. The summed E-state index contributed by atoms with van der Waals surface area (Å²) in [4.78, 5) is 17.0. The van der Waals surface area contributed by atoms with Gasteiger partial charge in [-0.05, 0) is 49.9 Å². The third-order valence-corrected chi connectivity index (χ3v) is 4.19. The summed E-state index contributed by atoms with van der Waals surface area (Å²) in [5.74, 6) is 0. The fraction of sp³-hybridized carbons (Fsp3) is 0.562. The molecule has 2 atom stereocenters. The van der Waals surface area contributed by atoms with Gasteiger partial charge < -0.3 is 20.0 Å². The predicted octanol–water partition coefficient (Wildman–Crippen LogP) is 2.47. The van der Waals surface area contributed by atoms with Gasteiger partial charge in [-0.1, -0.05) is 13.0 Å². The van der Waals surface area contributed by atoms with Crippen LogP contribution in [0.2, 0.25) is 0 Å². The van der Waals surface area contributed by atoms with E-state index in [9.17, 15) is 4.79 Å². The number of aromatic nitrogens is 2. The SMILES string of the molecule is CCNC(CCC1CCCO1)c1ccc2[nH]c(=O)[nH]c2c1. The lowest BCUT2D eigenvalue weighted by Crippen LogP contribution is -2.22. The minimum absolute atomic E-state index is 0.151. The highest BCUT2D eigenvalue weighted by atomic mass is 16.5. The van der Waals surface area contributed by atoms with Crippen molar-refractivity contribution in [3.05, 3.63) is 34.2 Å². The molecule has 1 aromatic carbocycles. The van der Waals surface area contributed by atoms with E-state index in [1.54, 1.807) is 0 Å².